The lowest BCUT2D eigenvalue weighted by molar-refractivity contribution is -0.0512. The lowest BCUT2D eigenvalue weighted by Gasteiger charge is -2.20. The number of rotatable bonds is 8. The monoisotopic (exact) mass is 535 g/mol. The van der Waals surface area contributed by atoms with Gasteiger partial charge in [-0.05, 0) is 42.2 Å². The Kier molecular flexibility index (Phi) is 8.63. The normalized spacial score (nSPS) is 14.7. The number of hydrogen-bond acceptors (Lipinski definition) is 3. The van der Waals surface area contributed by atoms with Gasteiger partial charge in [-0.3, -0.25) is 4.99 Å². The molecule has 0 heterocycles. The molecule has 30 heavy (non-hydrogen) atoms. The molecule has 0 amide bonds. The Morgan fingerprint density at radius 2 is 1.87 bits per heavy atom. The van der Waals surface area contributed by atoms with Crippen LogP contribution >= 0.6 is 24.0 Å². The number of guanidine groups is 1. The van der Waals surface area contributed by atoms with Crippen molar-refractivity contribution < 1.29 is 22.6 Å². The summed E-state index contributed by atoms with van der Waals surface area (Å²) in [4.78, 5) is 4.18. The van der Waals surface area contributed by atoms with Gasteiger partial charge < -0.3 is 20.1 Å². The first-order valence-electron chi connectivity index (χ1n) is 9.29. The van der Waals surface area contributed by atoms with E-state index in [2.05, 4.69) is 20.4 Å². The molecule has 9 heteroatoms. The average molecular weight is 535 g/mol. The second-order valence-corrected chi connectivity index (χ2v) is 6.90. The highest BCUT2D eigenvalue weighted by molar-refractivity contribution is 14.0. The van der Waals surface area contributed by atoms with E-state index in [-0.39, 0.29) is 46.7 Å². The van der Waals surface area contributed by atoms with E-state index in [1.807, 2.05) is 12.1 Å². The van der Waals surface area contributed by atoms with E-state index >= 15 is 0 Å². The summed E-state index contributed by atoms with van der Waals surface area (Å²) < 4.78 is 48.8. The van der Waals surface area contributed by atoms with E-state index in [0.29, 0.717) is 24.6 Å². The highest BCUT2D eigenvalue weighted by Gasteiger charge is 2.45. The lowest BCUT2D eigenvalue weighted by atomic mass is 9.95. The molecule has 1 aliphatic carbocycles. The number of halogens is 4. The third-order valence-corrected chi connectivity index (χ3v) is 5.02. The maximum atomic E-state index is 14.1. The number of methoxy groups -OCH3 is 1. The van der Waals surface area contributed by atoms with Crippen molar-refractivity contribution in [2.45, 2.75) is 31.4 Å². The van der Waals surface area contributed by atoms with Gasteiger partial charge in [-0.25, -0.2) is 4.39 Å². The standard InChI is InChI=1S/C21H24F3N3O2.HI/c1-25-20(27-13-21(9-10-21)15-5-3-4-6-16(15)22)26-12-14-7-8-17(28-2)18(11-14)29-19(23)24;/h3-8,11,19H,9-10,12-13H2,1-2H3,(H2,25,26,27);1H. The molecule has 0 atom stereocenters. The second-order valence-electron chi connectivity index (χ2n) is 6.90. The van der Waals surface area contributed by atoms with Gasteiger partial charge in [0.2, 0.25) is 0 Å². The Balaban J connectivity index is 0.00000320. The van der Waals surface area contributed by atoms with Crippen LogP contribution in [-0.4, -0.2) is 33.3 Å². The van der Waals surface area contributed by atoms with Crippen LogP contribution in [0.15, 0.2) is 47.5 Å². The topological polar surface area (TPSA) is 54.9 Å². The highest BCUT2D eigenvalue weighted by atomic mass is 127. The molecule has 164 valence electrons. The molecule has 0 radical (unpaired) electrons. The van der Waals surface area contributed by atoms with Crippen LogP contribution in [-0.2, 0) is 12.0 Å². The maximum absolute atomic E-state index is 14.1. The van der Waals surface area contributed by atoms with Crippen molar-refractivity contribution in [1.29, 1.82) is 0 Å². The molecule has 5 nitrogen and oxygen atoms in total. The fraction of sp³-hybridized carbons (Fsp3) is 0.381. The molecular weight excluding hydrogens is 510 g/mol. The van der Waals surface area contributed by atoms with Gasteiger partial charge in [-0.1, -0.05) is 24.3 Å². The molecule has 0 saturated heterocycles. The van der Waals surface area contributed by atoms with Crippen LogP contribution in [0, 0.1) is 5.82 Å². The molecule has 0 bridgehead atoms. The van der Waals surface area contributed by atoms with E-state index in [1.54, 1.807) is 25.2 Å². The van der Waals surface area contributed by atoms with Gasteiger partial charge in [0, 0.05) is 25.6 Å². The first kappa shape index (κ1) is 24.1. The number of aliphatic imine (C=N–C) groups is 1. The van der Waals surface area contributed by atoms with Crippen molar-refractivity contribution in [3.63, 3.8) is 0 Å². The number of nitrogens with one attached hydrogen (secondary N) is 2. The van der Waals surface area contributed by atoms with Crippen LogP contribution in [0.3, 0.4) is 0 Å². The summed E-state index contributed by atoms with van der Waals surface area (Å²) in [5, 5.41) is 6.37. The van der Waals surface area contributed by atoms with Gasteiger partial charge in [0.15, 0.2) is 17.5 Å². The van der Waals surface area contributed by atoms with Crippen molar-refractivity contribution in [2.75, 3.05) is 20.7 Å². The number of alkyl halides is 2. The van der Waals surface area contributed by atoms with E-state index in [9.17, 15) is 13.2 Å². The van der Waals surface area contributed by atoms with Gasteiger partial charge in [-0.15, -0.1) is 24.0 Å². The lowest BCUT2D eigenvalue weighted by Crippen LogP contribution is -2.41. The predicted octanol–water partition coefficient (Wildman–Crippen LogP) is 4.45. The van der Waals surface area contributed by atoms with Crippen molar-refractivity contribution in [1.82, 2.24) is 10.6 Å². The van der Waals surface area contributed by atoms with E-state index in [4.69, 9.17) is 4.74 Å². The summed E-state index contributed by atoms with van der Waals surface area (Å²) >= 11 is 0. The summed E-state index contributed by atoms with van der Waals surface area (Å²) in [5.74, 6) is 0.553. The minimum absolute atomic E-state index is 0. The number of benzene rings is 2. The summed E-state index contributed by atoms with van der Waals surface area (Å²) in [7, 11) is 3.03. The Morgan fingerprint density at radius 1 is 1.13 bits per heavy atom. The van der Waals surface area contributed by atoms with Gasteiger partial charge >= 0.3 is 6.61 Å². The molecule has 2 aromatic carbocycles. The fourth-order valence-corrected chi connectivity index (χ4v) is 3.26. The van der Waals surface area contributed by atoms with Gasteiger partial charge in [0.25, 0.3) is 0 Å². The molecule has 3 rings (SSSR count). The van der Waals surface area contributed by atoms with Crippen molar-refractivity contribution in [3.05, 3.63) is 59.4 Å². The Hall–Kier alpha value is -2.17. The SMILES string of the molecule is CN=C(NCc1ccc(OC)c(OC(F)F)c1)NCC1(c2ccccc2F)CC1.I. The van der Waals surface area contributed by atoms with Crippen molar-refractivity contribution in [3.8, 4) is 11.5 Å². The zero-order valence-electron chi connectivity index (χ0n) is 16.8. The zero-order chi connectivity index (χ0) is 20.9. The van der Waals surface area contributed by atoms with Gasteiger partial charge in [0.05, 0.1) is 7.11 Å². The van der Waals surface area contributed by atoms with Crippen LogP contribution in [0.2, 0.25) is 0 Å². The summed E-state index contributed by atoms with van der Waals surface area (Å²) in [6, 6.07) is 11.6. The summed E-state index contributed by atoms with van der Waals surface area (Å²) in [5.41, 5.74) is 1.22. The van der Waals surface area contributed by atoms with Crippen LogP contribution in [0.5, 0.6) is 11.5 Å². The van der Waals surface area contributed by atoms with E-state index in [1.165, 1.54) is 19.2 Å². The van der Waals surface area contributed by atoms with Crippen LogP contribution in [0.4, 0.5) is 13.2 Å². The molecule has 2 aromatic rings. The minimum atomic E-state index is -2.94. The first-order chi connectivity index (χ1) is 14.0. The molecule has 0 aliphatic heterocycles. The van der Waals surface area contributed by atoms with Crippen LogP contribution in [0.1, 0.15) is 24.0 Å². The summed E-state index contributed by atoms with van der Waals surface area (Å²) in [6.07, 6.45) is 1.81. The van der Waals surface area contributed by atoms with Crippen molar-refractivity contribution in [2.24, 2.45) is 4.99 Å². The van der Waals surface area contributed by atoms with Crippen molar-refractivity contribution >= 4 is 29.9 Å². The maximum Gasteiger partial charge on any atom is 0.387 e. The number of ether oxygens (including phenoxy) is 2. The smallest absolute Gasteiger partial charge is 0.387 e. The zero-order valence-corrected chi connectivity index (χ0v) is 19.1. The van der Waals surface area contributed by atoms with E-state index in [0.717, 1.165) is 18.4 Å². The van der Waals surface area contributed by atoms with Gasteiger partial charge in [-0.2, -0.15) is 8.78 Å². The molecule has 0 unspecified atom stereocenters. The van der Waals surface area contributed by atoms with Gasteiger partial charge in [0.1, 0.15) is 5.82 Å². The quantitative estimate of drug-likeness (QED) is 0.298. The minimum Gasteiger partial charge on any atom is -0.493 e. The Labute approximate surface area is 191 Å². The number of hydrogen-bond donors (Lipinski definition) is 2. The third kappa shape index (κ3) is 5.93. The Morgan fingerprint density at radius 3 is 2.47 bits per heavy atom. The van der Waals surface area contributed by atoms with Crippen LogP contribution in [0.25, 0.3) is 0 Å². The molecule has 0 spiro atoms. The predicted molar refractivity (Wildman–Crippen MR) is 121 cm³/mol. The largest absolute Gasteiger partial charge is 0.493 e. The molecule has 1 saturated carbocycles. The first-order valence-corrected chi connectivity index (χ1v) is 9.29. The summed E-state index contributed by atoms with van der Waals surface area (Å²) in [6.45, 7) is -2.04. The molecule has 0 aromatic heterocycles. The molecule has 1 aliphatic rings. The van der Waals surface area contributed by atoms with Crippen LogP contribution < -0.4 is 20.1 Å². The number of nitrogens with zero attached hydrogens (tertiary/aromatic N) is 1. The average Bonchev–Trinajstić information content (AvgIpc) is 3.49. The highest BCUT2D eigenvalue weighted by Crippen LogP contribution is 2.48. The van der Waals surface area contributed by atoms with E-state index < -0.39 is 6.61 Å². The second kappa shape index (κ2) is 10.7. The molecule has 1 fully saturated rings. The Bertz CT molecular complexity index is 876. The molecular formula is C21H25F3IN3O2. The fourth-order valence-electron chi connectivity index (χ4n) is 3.26. The third-order valence-electron chi connectivity index (χ3n) is 5.02. The molecule has 2 N–H and O–H groups in total.